The fourth-order valence-electron chi connectivity index (χ4n) is 3.31. The SMILES string of the molecule is Cn1nnnc1C(CC(=O)O)c1ccc(OCc2ccc(Oc3ccccc3)cc2)cc1. The Morgan fingerprint density at radius 2 is 1.59 bits per heavy atom. The Hall–Kier alpha value is -4.20. The lowest BCUT2D eigenvalue weighted by atomic mass is 9.95. The molecule has 32 heavy (non-hydrogen) atoms. The molecule has 4 aromatic rings. The fraction of sp³-hybridized carbons (Fsp3) is 0.167. The Morgan fingerprint density at radius 3 is 2.22 bits per heavy atom. The van der Waals surface area contributed by atoms with Crippen LogP contribution in [0, 0.1) is 0 Å². The van der Waals surface area contributed by atoms with E-state index in [0.29, 0.717) is 18.2 Å². The molecule has 1 heterocycles. The summed E-state index contributed by atoms with van der Waals surface area (Å²) in [6, 6.07) is 24.6. The van der Waals surface area contributed by atoms with Crippen molar-refractivity contribution < 1.29 is 19.4 Å². The molecule has 0 amide bonds. The highest BCUT2D eigenvalue weighted by molar-refractivity contribution is 5.68. The lowest BCUT2D eigenvalue weighted by Crippen LogP contribution is -2.13. The van der Waals surface area contributed by atoms with E-state index >= 15 is 0 Å². The summed E-state index contributed by atoms with van der Waals surface area (Å²) < 4.78 is 13.2. The number of carboxylic acid groups (broad SMARTS) is 1. The van der Waals surface area contributed by atoms with Crippen LogP contribution in [-0.2, 0) is 18.4 Å². The highest BCUT2D eigenvalue weighted by Crippen LogP contribution is 2.28. The van der Waals surface area contributed by atoms with Gasteiger partial charge in [-0.1, -0.05) is 42.5 Å². The predicted molar refractivity (Wildman–Crippen MR) is 117 cm³/mol. The summed E-state index contributed by atoms with van der Waals surface area (Å²) in [6.07, 6.45) is -0.105. The van der Waals surface area contributed by atoms with Crippen molar-refractivity contribution in [3.05, 3.63) is 95.8 Å². The molecule has 4 rings (SSSR count). The normalized spacial score (nSPS) is 11.7. The number of nitrogens with zero attached hydrogens (tertiary/aromatic N) is 4. The minimum Gasteiger partial charge on any atom is -0.489 e. The van der Waals surface area contributed by atoms with E-state index in [1.54, 1.807) is 7.05 Å². The number of carbonyl (C=O) groups is 1. The molecule has 8 heteroatoms. The van der Waals surface area contributed by atoms with Crippen molar-refractivity contribution in [2.75, 3.05) is 0 Å². The summed E-state index contributed by atoms with van der Waals surface area (Å²) in [7, 11) is 1.69. The van der Waals surface area contributed by atoms with Crippen LogP contribution in [0.2, 0.25) is 0 Å². The molecule has 0 fully saturated rings. The monoisotopic (exact) mass is 430 g/mol. The zero-order chi connectivity index (χ0) is 22.3. The van der Waals surface area contributed by atoms with Gasteiger partial charge in [-0.25, -0.2) is 4.68 Å². The first kappa shape index (κ1) is 21.0. The van der Waals surface area contributed by atoms with Crippen molar-refractivity contribution in [3.63, 3.8) is 0 Å². The van der Waals surface area contributed by atoms with Crippen molar-refractivity contribution in [2.45, 2.75) is 18.9 Å². The van der Waals surface area contributed by atoms with Gasteiger partial charge in [-0.05, 0) is 58.0 Å². The Kier molecular flexibility index (Phi) is 6.41. The van der Waals surface area contributed by atoms with Crippen LogP contribution in [0.5, 0.6) is 17.2 Å². The Bertz CT molecular complexity index is 1160. The maximum Gasteiger partial charge on any atom is 0.304 e. The van der Waals surface area contributed by atoms with Crippen LogP contribution < -0.4 is 9.47 Å². The second-order valence-corrected chi connectivity index (χ2v) is 7.23. The van der Waals surface area contributed by atoms with Gasteiger partial charge in [0.1, 0.15) is 23.9 Å². The first-order valence-corrected chi connectivity index (χ1v) is 10.1. The highest BCUT2D eigenvalue weighted by atomic mass is 16.5. The Balaban J connectivity index is 1.38. The lowest BCUT2D eigenvalue weighted by molar-refractivity contribution is -0.137. The smallest absolute Gasteiger partial charge is 0.304 e. The zero-order valence-corrected chi connectivity index (χ0v) is 17.5. The maximum absolute atomic E-state index is 11.3. The van der Waals surface area contributed by atoms with E-state index < -0.39 is 11.9 Å². The lowest BCUT2D eigenvalue weighted by Gasteiger charge is -2.14. The van der Waals surface area contributed by atoms with Gasteiger partial charge < -0.3 is 14.6 Å². The van der Waals surface area contributed by atoms with Gasteiger partial charge in [0.25, 0.3) is 0 Å². The quantitative estimate of drug-likeness (QED) is 0.425. The Labute approximate surface area is 185 Å². The van der Waals surface area contributed by atoms with E-state index in [-0.39, 0.29) is 6.42 Å². The molecule has 1 N–H and O–H groups in total. The largest absolute Gasteiger partial charge is 0.489 e. The summed E-state index contributed by atoms with van der Waals surface area (Å²) in [5.74, 6) is 1.36. The van der Waals surface area contributed by atoms with Gasteiger partial charge in [-0.2, -0.15) is 0 Å². The molecule has 1 aromatic heterocycles. The second-order valence-electron chi connectivity index (χ2n) is 7.23. The van der Waals surface area contributed by atoms with E-state index in [1.165, 1.54) is 4.68 Å². The van der Waals surface area contributed by atoms with E-state index in [2.05, 4.69) is 15.5 Å². The molecule has 162 valence electrons. The zero-order valence-electron chi connectivity index (χ0n) is 17.5. The number of benzene rings is 3. The van der Waals surface area contributed by atoms with Crippen LogP contribution in [0.1, 0.15) is 29.3 Å². The first-order chi connectivity index (χ1) is 15.6. The highest BCUT2D eigenvalue weighted by Gasteiger charge is 2.23. The number of para-hydroxylation sites is 1. The van der Waals surface area contributed by atoms with Crippen molar-refractivity contribution in [1.82, 2.24) is 20.2 Å². The minimum absolute atomic E-state index is 0.105. The topological polar surface area (TPSA) is 99.4 Å². The number of hydrogen-bond donors (Lipinski definition) is 1. The van der Waals surface area contributed by atoms with Crippen molar-refractivity contribution in [2.24, 2.45) is 7.05 Å². The van der Waals surface area contributed by atoms with Gasteiger partial charge in [0.05, 0.1) is 12.3 Å². The van der Waals surface area contributed by atoms with Crippen molar-refractivity contribution in [3.8, 4) is 17.2 Å². The van der Waals surface area contributed by atoms with Crippen LogP contribution in [0.25, 0.3) is 0 Å². The third-order valence-corrected chi connectivity index (χ3v) is 4.93. The number of aliphatic carboxylic acids is 1. The van der Waals surface area contributed by atoms with Gasteiger partial charge in [0, 0.05) is 7.05 Å². The number of carboxylic acids is 1. The summed E-state index contributed by atoms with van der Waals surface area (Å²) >= 11 is 0. The molecule has 3 aromatic carbocycles. The second kappa shape index (κ2) is 9.74. The van der Waals surface area contributed by atoms with E-state index in [9.17, 15) is 9.90 Å². The molecule has 8 nitrogen and oxygen atoms in total. The summed E-state index contributed by atoms with van der Waals surface area (Å²) in [4.78, 5) is 11.3. The van der Waals surface area contributed by atoms with Gasteiger partial charge >= 0.3 is 5.97 Å². The maximum atomic E-state index is 11.3. The molecule has 0 spiro atoms. The molecule has 1 unspecified atom stereocenters. The molecule has 0 aliphatic rings. The Morgan fingerprint density at radius 1 is 0.938 bits per heavy atom. The van der Waals surface area contributed by atoms with Gasteiger partial charge in [0.2, 0.25) is 0 Å². The van der Waals surface area contributed by atoms with Crippen LogP contribution in [-0.4, -0.2) is 31.3 Å². The van der Waals surface area contributed by atoms with Crippen LogP contribution in [0.15, 0.2) is 78.9 Å². The molecular formula is C24H22N4O4. The molecule has 0 aliphatic carbocycles. The third-order valence-electron chi connectivity index (χ3n) is 4.93. The number of aryl methyl sites for hydroxylation is 1. The number of aromatic nitrogens is 4. The van der Waals surface area contributed by atoms with E-state index in [0.717, 1.165) is 22.6 Å². The van der Waals surface area contributed by atoms with Gasteiger partial charge in [-0.15, -0.1) is 5.10 Å². The van der Waals surface area contributed by atoms with E-state index in [4.69, 9.17) is 9.47 Å². The van der Waals surface area contributed by atoms with Crippen molar-refractivity contribution in [1.29, 1.82) is 0 Å². The van der Waals surface area contributed by atoms with Crippen molar-refractivity contribution >= 4 is 5.97 Å². The average Bonchev–Trinajstić information content (AvgIpc) is 3.23. The molecule has 0 bridgehead atoms. The van der Waals surface area contributed by atoms with Gasteiger partial charge in [-0.3, -0.25) is 4.79 Å². The molecule has 1 atom stereocenters. The standard InChI is InChI=1S/C24H22N4O4/c1-28-24(25-26-27-28)22(15-23(29)30)18-9-13-19(14-10-18)31-16-17-7-11-21(12-8-17)32-20-5-3-2-4-6-20/h2-14,22H,15-16H2,1H3,(H,29,30). The number of ether oxygens (including phenoxy) is 2. The van der Waals surface area contributed by atoms with Crippen LogP contribution >= 0.6 is 0 Å². The number of rotatable bonds is 9. The summed E-state index contributed by atoms with van der Waals surface area (Å²) in [5.41, 5.74) is 1.81. The fourth-order valence-corrected chi connectivity index (χ4v) is 3.31. The van der Waals surface area contributed by atoms with E-state index in [1.807, 2.05) is 78.9 Å². The molecule has 0 saturated carbocycles. The predicted octanol–water partition coefficient (Wildman–Crippen LogP) is 4.19. The first-order valence-electron chi connectivity index (χ1n) is 10.1. The van der Waals surface area contributed by atoms with Gasteiger partial charge in [0.15, 0.2) is 5.82 Å². The summed E-state index contributed by atoms with van der Waals surface area (Å²) in [6.45, 7) is 0.400. The average molecular weight is 430 g/mol. The molecule has 0 radical (unpaired) electrons. The number of hydrogen-bond acceptors (Lipinski definition) is 6. The molecule has 0 aliphatic heterocycles. The number of tetrazole rings is 1. The van der Waals surface area contributed by atoms with Crippen LogP contribution in [0.3, 0.4) is 0 Å². The minimum atomic E-state index is -0.919. The molecular weight excluding hydrogens is 408 g/mol. The molecule has 0 saturated heterocycles. The van der Waals surface area contributed by atoms with Crippen LogP contribution in [0.4, 0.5) is 0 Å². The third kappa shape index (κ3) is 5.28. The summed E-state index contributed by atoms with van der Waals surface area (Å²) in [5, 5.41) is 20.7.